The first-order chi connectivity index (χ1) is 12.0. The molecule has 0 bridgehead atoms. The number of amides is 2. The summed E-state index contributed by atoms with van der Waals surface area (Å²) in [4.78, 5) is 19.3. The van der Waals surface area contributed by atoms with E-state index in [1.807, 2.05) is 12.1 Å². The second-order valence-corrected chi connectivity index (χ2v) is 5.12. The van der Waals surface area contributed by atoms with Crippen LogP contribution in [0.4, 0.5) is 23.8 Å². The Bertz CT molecular complexity index is 679. The number of pyridine rings is 2. The average Bonchev–Trinajstić information content (AvgIpc) is 2.59. The van der Waals surface area contributed by atoms with Crippen molar-refractivity contribution in [3.63, 3.8) is 0 Å². The van der Waals surface area contributed by atoms with Crippen LogP contribution >= 0.6 is 0 Å². The van der Waals surface area contributed by atoms with E-state index in [2.05, 4.69) is 25.9 Å². The summed E-state index contributed by atoms with van der Waals surface area (Å²) >= 11 is 0. The van der Waals surface area contributed by atoms with Crippen LogP contribution in [0.5, 0.6) is 0 Å². The van der Waals surface area contributed by atoms with Crippen molar-refractivity contribution in [3.8, 4) is 0 Å². The summed E-state index contributed by atoms with van der Waals surface area (Å²) in [5.74, 6) is -0.256. The van der Waals surface area contributed by atoms with Crippen LogP contribution in [0.1, 0.15) is 11.1 Å². The Labute approximate surface area is 142 Å². The van der Waals surface area contributed by atoms with E-state index in [-0.39, 0.29) is 24.9 Å². The highest BCUT2D eigenvalue weighted by Crippen LogP contribution is 2.33. The molecule has 2 amide bonds. The first kappa shape index (κ1) is 18.5. The van der Waals surface area contributed by atoms with Crippen LogP contribution in [0, 0.1) is 0 Å². The molecule has 0 radical (unpaired) electrons. The van der Waals surface area contributed by atoms with Gasteiger partial charge in [0.25, 0.3) is 0 Å². The van der Waals surface area contributed by atoms with Crippen molar-refractivity contribution in [1.29, 1.82) is 0 Å². The molecule has 0 unspecified atom stereocenters. The van der Waals surface area contributed by atoms with Crippen LogP contribution in [0.15, 0.2) is 42.9 Å². The number of nitrogens with one attached hydrogen (secondary N) is 3. The number of carbonyl (C=O) groups is 1. The van der Waals surface area contributed by atoms with Gasteiger partial charge in [-0.2, -0.15) is 13.2 Å². The summed E-state index contributed by atoms with van der Waals surface area (Å²) in [6.45, 7) is 0.714. The van der Waals surface area contributed by atoms with Gasteiger partial charge in [0.05, 0.1) is 5.56 Å². The molecule has 3 N–H and O–H groups in total. The van der Waals surface area contributed by atoms with Crippen molar-refractivity contribution in [3.05, 3.63) is 54.0 Å². The molecule has 0 spiro atoms. The van der Waals surface area contributed by atoms with Crippen molar-refractivity contribution in [1.82, 2.24) is 20.6 Å². The normalized spacial score (nSPS) is 11.0. The number of carbonyl (C=O) groups excluding carboxylic acids is 1. The van der Waals surface area contributed by atoms with Gasteiger partial charge in [0.2, 0.25) is 0 Å². The summed E-state index contributed by atoms with van der Waals surface area (Å²) in [6.07, 6.45) is 0.823. The summed E-state index contributed by atoms with van der Waals surface area (Å²) in [7, 11) is 0. The zero-order valence-corrected chi connectivity index (χ0v) is 13.3. The fraction of sp³-hybridized carbons (Fsp3) is 0.312. The molecule has 2 aromatic heterocycles. The number of nitrogens with zero attached hydrogens (tertiary/aromatic N) is 2. The standard InChI is InChI=1S/C16H18F3N5O/c17-16(18,19)13-4-2-7-21-14(13)22-9-10-24-15(25)23-8-5-12-3-1-6-20-11-12/h1-4,6-7,11H,5,8-10H2,(H,21,22)(H2,23,24,25). The Morgan fingerprint density at radius 1 is 1.04 bits per heavy atom. The third-order valence-corrected chi connectivity index (χ3v) is 3.24. The molecule has 25 heavy (non-hydrogen) atoms. The second-order valence-electron chi connectivity index (χ2n) is 5.12. The fourth-order valence-corrected chi connectivity index (χ4v) is 2.06. The van der Waals surface area contributed by atoms with Crippen molar-refractivity contribution >= 4 is 11.8 Å². The predicted octanol–water partition coefficient (Wildman–Crippen LogP) is 2.45. The number of rotatable bonds is 7. The number of anilines is 1. The van der Waals surface area contributed by atoms with Crippen molar-refractivity contribution < 1.29 is 18.0 Å². The molecule has 0 saturated heterocycles. The van der Waals surface area contributed by atoms with Gasteiger partial charge in [-0.15, -0.1) is 0 Å². The van der Waals surface area contributed by atoms with Gasteiger partial charge in [0, 0.05) is 38.2 Å². The molecule has 0 aromatic carbocycles. The highest BCUT2D eigenvalue weighted by Gasteiger charge is 2.33. The van der Waals surface area contributed by atoms with E-state index in [9.17, 15) is 18.0 Å². The van der Waals surface area contributed by atoms with Gasteiger partial charge >= 0.3 is 12.2 Å². The van der Waals surface area contributed by atoms with Crippen molar-refractivity contribution in [2.24, 2.45) is 0 Å². The van der Waals surface area contributed by atoms with Gasteiger partial charge in [-0.3, -0.25) is 4.98 Å². The third-order valence-electron chi connectivity index (χ3n) is 3.24. The summed E-state index contributed by atoms with van der Waals surface area (Å²) in [6, 6.07) is 5.51. The highest BCUT2D eigenvalue weighted by molar-refractivity contribution is 5.73. The molecule has 2 heterocycles. The minimum atomic E-state index is -4.48. The second kappa shape index (κ2) is 8.86. The molecule has 0 aliphatic rings. The lowest BCUT2D eigenvalue weighted by molar-refractivity contribution is -0.137. The first-order valence-electron chi connectivity index (χ1n) is 7.63. The van der Waals surface area contributed by atoms with E-state index in [1.54, 1.807) is 12.4 Å². The van der Waals surface area contributed by atoms with Crippen LogP contribution in [0.3, 0.4) is 0 Å². The van der Waals surface area contributed by atoms with Crippen LogP contribution in [0.25, 0.3) is 0 Å². The van der Waals surface area contributed by atoms with E-state index < -0.39 is 11.7 Å². The third kappa shape index (κ3) is 6.28. The molecule has 9 heteroatoms. The van der Waals surface area contributed by atoms with E-state index >= 15 is 0 Å². The monoisotopic (exact) mass is 353 g/mol. The van der Waals surface area contributed by atoms with Gasteiger partial charge in [0.1, 0.15) is 5.82 Å². The average molecular weight is 353 g/mol. The van der Waals surface area contributed by atoms with Gasteiger partial charge in [-0.1, -0.05) is 6.07 Å². The summed E-state index contributed by atoms with van der Waals surface area (Å²) < 4.78 is 38.4. The molecule has 0 atom stereocenters. The maximum atomic E-state index is 12.8. The van der Waals surface area contributed by atoms with Crippen LogP contribution in [0.2, 0.25) is 0 Å². The number of urea groups is 1. The zero-order valence-electron chi connectivity index (χ0n) is 13.3. The Morgan fingerprint density at radius 3 is 2.52 bits per heavy atom. The number of hydrogen-bond acceptors (Lipinski definition) is 4. The van der Waals surface area contributed by atoms with E-state index in [0.29, 0.717) is 13.0 Å². The zero-order chi connectivity index (χ0) is 18.1. The highest BCUT2D eigenvalue weighted by atomic mass is 19.4. The molecule has 2 rings (SSSR count). The number of aromatic nitrogens is 2. The van der Waals surface area contributed by atoms with E-state index in [4.69, 9.17) is 0 Å². The van der Waals surface area contributed by atoms with Crippen LogP contribution < -0.4 is 16.0 Å². The Morgan fingerprint density at radius 2 is 1.80 bits per heavy atom. The van der Waals surface area contributed by atoms with Gasteiger partial charge < -0.3 is 16.0 Å². The van der Waals surface area contributed by atoms with E-state index in [0.717, 1.165) is 11.6 Å². The van der Waals surface area contributed by atoms with Crippen molar-refractivity contribution in [2.45, 2.75) is 12.6 Å². The largest absolute Gasteiger partial charge is 0.419 e. The van der Waals surface area contributed by atoms with Crippen molar-refractivity contribution in [2.75, 3.05) is 25.0 Å². The van der Waals surface area contributed by atoms with Gasteiger partial charge in [-0.05, 0) is 30.2 Å². The summed E-state index contributed by atoms with van der Waals surface area (Å²) in [5.41, 5.74) is 0.162. The number of alkyl halides is 3. The number of hydrogen-bond donors (Lipinski definition) is 3. The number of halogens is 3. The van der Waals surface area contributed by atoms with Gasteiger partial charge in [-0.25, -0.2) is 9.78 Å². The SMILES string of the molecule is O=C(NCCNc1ncccc1C(F)(F)F)NCCc1cccnc1. The molecule has 0 fully saturated rings. The molecular weight excluding hydrogens is 335 g/mol. The molecular formula is C16H18F3N5O. The minimum Gasteiger partial charge on any atom is -0.368 e. The fourth-order valence-electron chi connectivity index (χ4n) is 2.06. The topological polar surface area (TPSA) is 78.9 Å². The predicted molar refractivity (Wildman–Crippen MR) is 87.1 cm³/mol. The maximum Gasteiger partial charge on any atom is 0.419 e. The molecule has 2 aromatic rings. The Hall–Kier alpha value is -2.84. The summed E-state index contributed by atoms with van der Waals surface area (Å²) in [5, 5.41) is 7.80. The lowest BCUT2D eigenvalue weighted by Crippen LogP contribution is -2.39. The smallest absolute Gasteiger partial charge is 0.368 e. The molecule has 0 aliphatic carbocycles. The lowest BCUT2D eigenvalue weighted by Gasteiger charge is -2.13. The van der Waals surface area contributed by atoms with Crippen LogP contribution in [-0.4, -0.2) is 35.6 Å². The minimum absolute atomic E-state index is 0.121. The lowest BCUT2D eigenvalue weighted by atomic mass is 10.2. The van der Waals surface area contributed by atoms with E-state index in [1.165, 1.54) is 12.3 Å². The molecule has 0 saturated carbocycles. The Kier molecular flexibility index (Phi) is 6.55. The quantitative estimate of drug-likeness (QED) is 0.668. The van der Waals surface area contributed by atoms with Crippen LogP contribution in [-0.2, 0) is 12.6 Å². The Balaban J connectivity index is 1.67. The molecule has 134 valence electrons. The first-order valence-corrected chi connectivity index (χ1v) is 7.63. The maximum absolute atomic E-state index is 12.8. The van der Waals surface area contributed by atoms with Gasteiger partial charge in [0.15, 0.2) is 0 Å². The molecule has 6 nitrogen and oxygen atoms in total. The molecule has 0 aliphatic heterocycles.